The molecular formula is C17H21N3O2S. The number of methoxy groups -OCH3 is 1. The molecule has 1 aromatic heterocycles. The lowest BCUT2D eigenvalue weighted by molar-refractivity contribution is 0.0941. The molecule has 2 rings (SSSR count). The minimum absolute atomic E-state index is 0.0612. The van der Waals surface area contributed by atoms with Gasteiger partial charge >= 0.3 is 0 Å². The maximum atomic E-state index is 12.3. The predicted octanol–water partition coefficient (Wildman–Crippen LogP) is 2.79. The van der Waals surface area contributed by atoms with E-state index >= 15 is 0 Å². The fourth-order valence-corrected chi connectivity index (χ4v) is 2.54. The van der Waals surface area contributed by atoms with Crippen molar-refractivity contribution in [2.24, 2.45) is 0 Å². The van der Waals surface area contributed by atoms with Crippen LogP contribution in [0.15, 0.2) is 42.6 Å². The fraction of sp³-hybridized carbons (Fsp3) is 0.294. The van der Waals surface area contributed by atoms with Crippen LogP contribution < -0.4 is 10.1 Å². The van der Waals surface area contributed by atoms with Gasteiger partial charge in [0.1, 0.15) is 10.4 Å². The van der Waals surface area contributed by atoms with Crippen LogP contribution >= 0.6 is 12.2 Å². The Morgan fingerprint density at radius 1 is 1.30 bits per heavy atom. The zero-order valence-electron chi connectivity index (χ0n) is 13.5. The third-order valence-corrected chi connectivity index (χ3v) is 3.98. The zero-order valence-corrected chi connectivity index (χ0v) is 14.3. The number of pyridine rings is 1. The highest BCUT2D eigenvalue weighted by atomic mass is 32.1. The second-order valence-electron chi connectivity index (χ2n) is 5.38. The van der Waals surface area contributed by atoms with Crippen LogP contribution in [-0.4, -0.2) is 43.5 Å². The molecule has 2 aromatic rings. The van der Waals surface area contributed by atoms with Crippen LogP contribution in [0.2, 0.25) is 0 Å². The highest BCUT2D eigenvalue weighted by Gasteiger charge is 2.16. The van der Waals surface area contributed by atoms with Gasteiger partial charge in [-0.25, -0.2) is 0 Å². The number of benzene rings is 1. The summed E-state index contributed by atoms with van der Waals surface area (Å²) in [7, 11) is 5.60. The Morgan fingerprint density at radius 2 is 2.00 bits per heavy atom. The van der Waals surface area contributed by atoms with E-state index in [9.17, 15) is 4.79 Å². The van der Waals surface area contributed by atoms with Crippen molar-refractivity contribution >= 4 is 18.1 Å². The molecule has 122 valence electrons. The summed E-state index contributed by atoms with van der Waals surface area (Å²) in [4.78, 5) is 17.2. The monoisotopic (exact) mass is 331 g/mol. The van der Waals surface area contributed by atoms with Crippen LogP contribution in [0.1, 0.15) is 22.0 Å². The Morgan fingerprint density at radius 3 is 2.57 bits per heavy atom. The van der Waals surface area contributed by atoms with E-state index in [1.54, 1.807) is 25.4 Å². The van der Waals surface area contributed by atoms with Gasteiger partial charge in [-0.1, -0.05) is 24.4 Å². The Kier molecular flexibility index (Phi) is 5.90. The molecule has 1 amide bonds. The van der Waals surface area contributed by atoms with Crippen LogP contribution in [0.25, 0.3) is 0 Å². The molecule has 1 unspecified atom stereocenters. The topological polar surface area (TPSA) is 57.4 Å². The quantitative estimate of drug-likeness (QED) is 0.799. The summed E-state index contributed by atoms with van der Waals surface area (Å²) in [5.41, 5.74) is 1.59. The minimum atomic E-state index is -0.174. The number of aromatic nitrogens is 1. The molecule has 0 aliphatic carbocycles. The van der Waals surface area contributed by atoms with Gasteiger partial charge in [-0.3, -0.25) is 4.79 Å². The maximum Gasteiger partial charge on any atom is 0.254 e. The SMILES string of the molecule is COc1ccc(C(CNC(=O)c2ccc[nH]c2=S)N(C)C)cc1. The van der Waals surface area contributed by atoms with Crippen molar-refractivity contribution in [3.63, 3.8) is 0 Å². The highest BCUT2D eigenvalue weighted by Crippen LogP contribution is 2.20. The van der Waals surface area contributed by atoms with Gasteiger partial charge in [-0.2, -0.15) is 0 Å². The van der Waals surface area contributed by atoms with Crippen molar-refractivity contribution in [3.8, 4) is 5.75 Å². The van der Waals surface area contributed by atoms with Gasteiger partial charge in [0.2, 0.25) is 0 Å². The number of amides is 1. The van der Waals surface area contributed by atoms with Gasteiger partial charge in [0.15, 0.2) is 0 Å². The molecule has 0 aliphatic rings. The van der Waals surface area contributed by atoms with Gasteiger partial charge in [0.05, 0.1) is 18.7 Å². The number of nitrogens with zero attached hydrogens (tertiary/aromatic N) is 1. The number of nitrogens with one attached hydrogen (secondary N) is 2. The maximum absolute atomic E-state index is 12.3. The van der Waals surface area contributed by atoms with Gasteiger partial charge in [0.25, 0.3) is 5.91 Å². The summed E-state index contributed by atoms with van der Waals surface area (Å²) in [5, 5.41) is 2.95. The van der Waals surface area contributed by atoms with E-state index in [-0.39, 0.29) is 11.9 Å². The second kappa shape index (κ2) is 7.89. The molecule has 0 aliphatic heterocycles. The minimum Gasteiger partial charge on any atom is -0.497 e. The van der Waals surface area contributed by atoms with E-state index < -0.39 is 0 Å². The van der Waals surface area contributed by atoms with Gasteiger partial charge in [-0.05, 0) is 43.9 Å². The Bertz CT molecular complexity index is 710. The molecule has 1 aromatic carbocycles. The Balaban J connectivity index is 2.09. The number of likely N-dealkylation sites (N-methyl/N-ethyl adjacent to an activating group) is 1. The standard InChI is InChI=1S/C17H21N3O2S/c1-20(2)15(12-6-8-13(22-3)9-7-12)11-19-16(21)14-5-4-10-18-17(14)23/h4-10,15H,11H2,1-3H3,(H,18,23)(H,19,21). The van der Waals surface area contributed by atoms with Crippen molar-refractivity contribution in [3.05, 3.63) is 58.4 Å². The van der Waals surface area contributed by atoms with Crippen molar-refractivity contribution in [1.82, 2.24) is 15.2 Å². The number of aromatic amines is 1. The molecule has 0 saturated heterocycles. The van der Waals surface area contributed by atoms with Crippen molar-refractivity contribution in [1.29, 1.82) is 0 Å². The van der Waals surface area contributed by atoms with Crippen molar-refractivity contribution in [2.75, 3.05) is 27.7 Å². The first-order valence-electron chi connectivity index (χ1n) is 7.29. The average molecular weight is 331 g/mol. The number of ether oxygens (including phenoxy) is 1. The normalized spacial score (nSPS) is 12.0. The largest absolute Gasteiger partial charge is 0.497 e. The van der Waals surface area contributed by atoms with E-state index in [1.165, 1.54) is 0 Å². The zero-order chi connectivity index (χ0) is 16.8. The van der Waals surface area contributed by atoms with Crippen LogP contribution in [0, 0.1) is 4.64 Å². The van der Waals surface area contributed by atoms with Crippen LogP contribution in [0.4, 0.5) is 0 Å². The number of carbonyl (C=O) groups is 1. The number of H-pyrrole nitrogens is 1. The van der Waals surface area contributed by atoms with E-state index in [4.69, 9.17) is 17.0 Å². The lowest BCUT2D eigenvalue weighted by Gasteiger charge is -2.25. The summed E-state index contributed by atoms with van der Waals surface area (Å²) < 4.78 is 5.62. The molecule has 0 fully saturated rings. The van der Waals surface area contributed by atoms with Gasteiger partial charge in [-0.15, -0.1) is 0 Å². The Hall–Kier alpha value is -2.18. The highest BCUT2D eigenvalue weighted by molar-refractivity contribution is 7.71. The smallest absolute Gasteiger partial charge is 0.254 e. The molecule has 0 bridgehead atoms. The first-order valence-corrected chi connectivity index (χ1v) is 7.70. The van der Waals surface area contributed by atoms with Crippen LogP contribution in [0.5, 0.6) is 5.75 Å². The molecule has 2 N–H and O–H groups in total. The van der Waals surface area contributed by atoms with Gasteiger partial charge < -0.3 is 19.9 Å². The van der Waals surface area contributed by atoms with Crippen molar-refractivity contribution < 1.29 is 9.53 Å². The third kappa shape index (κ3) is 4.40. The lowest BCUT2D eigenvalue weighted by atomic mass is 10.1. The molecule has 0 radical (unpaired) electrons. The lowest BCUT2D eigenvalue weighted by Crippen LogP contribution is -2.34. The molecule has 23 heavy (non-hydrogen) atoms. The molecule has 0 spiro atoms. The molecular weight excluding hydrogens is 310 g/mol. The summed E-state index contributed by atoms with van der Waals surface area (Å²) >= 11 is 5.14. The van der Waals surface area contributed by atoms with Crippen LogP contribution in [0.3, 0.4) is 0 Å². The second-order valence-corrected chi connectivity index (χ2v) is 5.78. The first-order chi connectivity index (χ1) is 11.0. The molecule has 6 heteroatoms. The van der Waals surface area contributed by atoms with E-state index in [2.05, 4.69) is 15.2 Å². The molecule has 0 saturated carbocycles. The van der Waals surface area contributed by atoms with Crippen molar-refractivity contribution in [2.45, 2.75) is 6.04 Å². The fourth-order valence-electron chi connectivity index (χ4n) is 2.31. The number of hydrogen-bond donors (Lipinski definition) is 2. The van der Waals surface area contributed by atoms with Gasteiger partial charge in [0, 0.05) is 12.7 Å². The number of hydrogen-bond acceptors (Lipinski definition) is 4. The Labute approximate surface area is 141 Å². The molecule has 5 nitrogen and oxygen atoms in total. The van der Waals surface area contributed by atoms with E-state index in [0.29, 0.717) is 16.7 Å². The first kappa shape index (κ1) is 17.2. The number of carbonyl (C=O) groups excluding carboxylic acids is 1. The predicted molar refractivity (Wildman–Crippen MR) is 93.4 cm³/mol. The summed E-state index contributed by atoms with van der Waals surface area (Å²) in [6.45, 7) is 0.488. The van der Waals surface area contributed by atoms with E-state index in [0.717, 1.165) is 11.3 Å². The van der Waals surface area contributed by atoms with E-state index in [1.807, 2.05) is 38.4 Å². The number of rotatable bonds is 6. The van der Waals surface area contributed by atoms with Crippen LogP contribution in [-0.2, 0) is 0 Å². The average Bonchev–Trinajstić information content (AvgIpc) is 2.55. The summed E-state index contributed by atoms with van der Waals surface area (Å²) in [5.74, 6) is 0.637. The summed E-state index contributed by atoms with van der Waals surface area (Å²) in [6.07, 6.45) is 1.71. The molecule has 1 atom stereocenters. The summed E-state index contributed by atoms with van der Waals surface area (Å²) in [6, 6.07) is 11.4. The molecule has 1 heterocycles. The third-order valence-electron chi connectivity index (χ3n) is 3.64.